The van der Waals surface area contributed by atoms with Crippen LogP contribution in [0.5, 0.6) is 0 Å². The van der Waals surface area contributed by atoms with Gasteiger partial charge in [0.05, 0.1) is 22.7 Å². The third-order valence-corrected chi connectivity index (χ3v) is 5.51. The van der Waals surface area contributed by atoms with E-state index in [2.05, 4.69) is 53.2 Å². The quantitative estimate of drug-likeness (QED) is 0.574. The number of nitrogens with one attached hydrogen (secondary N) is 1. The first-order valence-electron chi connectivity index (χ1n) is 8.80. The van der Waals surface area contributed by atoms with Crippen LogP contribution >= 0.6 is 11.3 Å². The summed E-state index contributed by atoms with van der Waals surface area (Å²) in [7, 11) is 1.60. The lowest BCUT2D eigenvalue weighted by Gasteiger charge is -2.18. The van der Waals surface area contributed by atoms with Gasteiger partial charge in [0.1, 0.15) is 12.1 Å². The van der Waals surface area contributed by atoms with E-state index in [4.69, 9.17) is 0 Å². The molecule has 4 aromatic rings. The number of carbonyl (C=O) groups is 1. The van der Waals surface area contributed by atoms with Crippen molar-refractivity contribution in [3.63, 3.8) is 0 Å². The molecule has 1 N–H and O–H groups in total. The summed E-state index contributed by atoms with van der Waals surface area (Å²) in [5.74, 6) is -0.219. The summed E-state index contributed by atoms with van der Waals surface area (Å²) in [4.78, 5) is 36.6. The Kier molecular flexibility index (Phi) is 4.26. The molecule has 0 aliphatic carbocycles. The molecule has 28 heavy (non-hydrogen) atoms. The molecule has 3 aromatic heterocycles. The Balaban J connectivity index is 1.56. The number of amides is 1. The Bertz CT molecular complexity index is 1260. The van der Waals surface area contributed by atoms with Crippen LogP contribution in [0.25, 0.3) is 21.4 Å². The zero-order chi connectivity index (χ0) is 20.1. The summed E-state index contributed by atoms with van der Waals surface area (Å²) in [6, 6.07) is 6.18. The maximum absolute atomic E-state index is 12.5. The average molecular weight is 396 g/mol. The van der Waals surface area contributed by atoms with E-state index < -0.39 is 0 Å². The van der Waals surface area contributed by atoms with Crippen LogP contribution in [0.4, 0.5) is 5.13 Å². The molecule has 0 aliphatic rings. The lowest BCUT2D eigenvalue weighted by atomic mass is 9.87. The minimum Gasteiger partial charge on any atom is -0.318 e. The first-order valence-corrected chi connectivity index (χ1v) is 9.62. The minimum absolute atomic E-state index is 0.0538. The number of nitrogens with zero attached hydrogens (tertiary/aromatic N) is 5. The van der Waals surface area contributed by atoms with E-state index in [0.717, 1.165) is 10.2 Å². The number of anilines is 1. The lowest BCUT2D eigenvalue weighted by Crippen LogP contribution is -2.21. The number of hydrogen-bond donors (Lipinski definition) is 1. The molecule has 0 radical (unpaired) electrons. The van der Waals surface area contributed by atoms with Crippen molar-refractivity contribution in [3.05, 3.63) is 46.8 Å². The summed E-state index contributed by atoms with van der Waals surface area (Å²) in [6.07, 6.45) is 2.96. The van der Waals surface area contributed by atoms with Crippen LogP contribution in [0.2, 0.25) is 0 Å². The lowest BCUT2D eigenvalue weighted by molar-refractivity contribution is -0.116. The van der Waals surface area contributed by atoms with Crippen LogP contribution in [0.3, 0.4) is 0 Å². The molecule has 4 rings (SSSR count). The molecule has 0 atom stereocenters. The Hall–Kier alpha value is -3.07. The highest BCUT2D eigenvalue weighted by Gasteiger charge is 2.16. The number of rotatable bonds is 3. The van der Waals surface area contributed by atoms with Crippen molar-refractivity contribution in [1.82, 2.24) is 24.1 Å². The smallest absolute Gasteiger partial charge is 0.318 e. The zero-order valence-electron chi connectivity index (χ0n) is 16.1. The highest BCUT2D eigenvalue weighted by molar-refractivity contribution is 7.22. The normalized spacial score (nSPS) is 12.0. The molecule has 0 spiro atoms. The third kappa shape index (κ3) is 3.29. The van der Waals surface area contributed by atoms with Gasteiger partial charge in [-0.1, -0.05) is 38.2 Å². The van der Waals surface area contributed by atoms with Crippen molar-refractivity contribution < 1.29 is 4.79 Å². The first kappa shape index (κ1) is 18.3. The van der Waals surface area contributed by atoms with Gasteiger partial charge >= 0.3 is 5.69 Å². The number of aryl methyl sites for hydroxylation is 1. The number of aromatic nitrogens is 5. The van der Waals surface area contributed by atoms with Gasteiger partial charge in [-0.3, -0.25) is 9.36 Å². The minimum atomic E-state index is -0.383. The average Bonchev–Trinajstić information content (AvgIpc) is 3.20. The molecule has 0 fully saturated rings. The maximum Gasteiger partial charge on any atom is 0.349 e. The monoisotopic (exact) mass is 396 g/mol. The Morgan fingerprint density at radius 3 is 2.79 bits per heavy atom. The van der Waals surface area contributed by atoms with Crippen molar-refractivity contribution in [2.75, 3.05) is 5.32 Å². The van der Waals surface area contributed by atoms with E-state index in [1.54, 1.807) is 11.6 Å². The number of fused-ring (bicyclic) bond motifs is 2. The number of benzene rings is 1. The summed E-state index contributed by atoms with van der Waals surface area (Å²) in [6.45, 7) is 6.55. The summed E-state index contributed by atoms with van der Waals surface area (Å²) >= 11 is 1.45. The maximum atomic E-state index is 12.5. The first-order chi connectivity index (χ1) is 13.2. The fraction of sp³-hybridized carbons (Fsp3) is 0.316. The Morgan fingerprint density at radius 1 is 1.25 bits per heavy atom. The van der Waals surface area contributed by atoms with Crippen molar-refractivity contribution in [3.8, 4) is 0 Å². The van der Waals surface area contributed by atoms with Gasteiger partial charge < -0.3 is 9.88 Å². The third-order valence-electron chi connectivity index (χ3n) is 4.57. The molecule has 0 unspecified atom stereocenters. The highest BCUT2D eigenvalue weighted by Crippen LogP contribution is 2.31. The van der Waals surface area contributed by atoms with Gasteiger partial charge in [-0.05, 0) is 23.1 Å². The standard InChI is InChI=1S/C19H20N6O2S/c1-19(2,3)11-5-6-12-14(7-11)28-17(22-12)23-15(26)9-25-10-21-16-13(25)8-20-18(27)24(16)4/h5-8,10H,9H2,1-4H3,(H,22,23,26). The van der Waals surface area contributed by atoms with Crippen LogP contribution in [-0.4, -0.2) is 30.0 Å². The number of thiazole rings is 1. The van der Waals surface area contributed by atoms with Gasteiger partial charge in [0.15, 0.2) is 10.8 Å². The van der Waals surface area contributed by atoms with Crippen LogP contribution < -0.4 is 11.0 Å². The fourth-order valence-electron chi connectivity index (χ4n) is 2.95. The zero-order valence-corrected chi connectivity index (χ0v) is 16.9. The van der Waals surface area contributed by atoms with Crippen molar-refractivity contribution in [1.29, 1.82) is 0 Å². The second-order valence-electron chi connectivity index (χ2n) is 7.68. The van der Waals surface area contributed by atoms with E-state index in [9.17, 15) is 9.59 Å². The highest BCUT2D eigenvalue weighted by atomic mass is 32.1. The predicted octanol–water partition coefficient (Wildman–Crippen LogP) is 2.68. The summed E-state index contributed by atoms with van der Waals surface area (Å²) < 4.78 is 4.04. The predicted molar refractivity (Wildman–Crippen MR) is 110 cm³/mol. The molecule has 1 amide bonds. The Labute approximate surface area is 164 Å². The van der Waals surface area contributed by atoms with Crippen molar-refractivity contribution >= 4 is 43.8 Å². The molecular formula is C19H20N6O2S. The molecule has 0 saturated carbocycles. The fourth-order valence-corrected chi connectivity index (χ4v) is 3.87. The van der Waals surface area contributed by atoms with Gasteiger partial charge in [0, 0.05) is 7.05 Å². The molecule has 0 aliphatic heterocycles. The number of hydrogen-bond acceptors (Lipinski definition) is 6. The van der Waals surface area contributed by atoms with Gasteiger partial charge in [-0.2, -0.15) is 4.98 Å². The van der Waals surface area contributed by atoms with E-state index in [1.807, 2.05) is 6.07 Å². The van der Waals surface area contributed by atoms with Gasteiger partial charge in [-0.25, -0.2) is 14.8 Å². The summed E-state index contributed by atoms with van der Waals surface area (Å²) in [5.41, 5.74) is 2.87. The van der Waals surface area contributed by atoms with Crippen LogP contribution in [0.15, 0.2) is 35.5 Å². The topological polar surface area (TPSA) is 94.7 Å². The van der Waals surface area contributed by atoms with Crippen LogP contribution in [0.1, 0.15) is 26.3 Å². The molecule has 144 valence electrons. The second kappa shape index (κ2) is 6.52. The van der Waals surface area contributed by atoms with E-state index in [1.165, 1.54) is 34.0 Å². The van der Waals surface area contributed by atoms with Gasteiger partial charge in [0.25, 0.3) is 0 Å². The van der Waals surface area contributed by atoms with Gasteiger partial charge in [-0.15, -0.1) is 0 Å². The van der Waals surface area contributed by atoms with Gasteiger partial charge in [0.2, 0.25) is 5.91 Å². The largest absolute Gasteiger partial charge is 0.349 e. The molecule has 0 saturated heterocycles. The van der Waals surface area contributed by atoms with Crippen LogP contribution in [0, 0.1) is 0 Å². The number of imidazole rings is 1. The second-order valence-corrected chi connectivity index (χ2v) is 8.71. The molecule has 9 heteroatoms. The molecule has 0 bridgehead atoms. The molecule has 8 nitrogen and oxygen atoms in total. The summed E-state index contributed by atoms with van der Waals surface area (Å²) in [5, 5.41) is 3.41. The number of carbonyl (C=O) groups excluding carboxylic acids is 1. The van der Waals surface area contributed by atoms with E-state index >= 15 is 0 Å². The van der Waals surface area contributed by atoms with Crippen molar-refractivity contribution in [2.45, 2.75) is 32.7 Å². The molecule has 3 heterocycles. The Morgan fingerprint density at radius 2 is 2.04 bits per heavy atom. The SMILES string of the molecule is Cn1c(=O)ncc2c1ncn2CC(=O)Nc1nc2ccc(C(C)(C)C)cc2s1. The van der Waals surface area contributed by atoms with Crippen LogP contribution in [-0.2, 0) is 23.8 Å². The van der Waals surface area contributed by atoms with E-state index in [-0.39, 0.29) is 23.6 Å². The van der Waals surface area contributed by atoms with E-state index in [0.29, 0.717) is 16.3 Å². The van der Waals surface area contributed by atoms with Crippen molar-refractivity contribution in [2.24, 2.45) is 7.05 Å². The molecule has 1 aromatic carbocycles. The molecular weight excluding hydrogens is 376 g/mol.